The molecule has 3 aromatic rings. The van der Waals surface area contributed by atoms with Crippen LogP contribution < -0.4 is 20.8 Å². The SMILES string of the molecule is COCCOc1ccc(N2CCN(CCn3ncc4c3N=C(N)N3NC(c5ccco5)N=C43)CC2)cc1. The zero-order valence-electron chi connectivity index (χ0n) is 20.8. The Bertz CT molecular complexity index is 1260. The summed E-state index contributed by atoms with van der Waals surface area (Å²) in [5.74, 6) is 3.36. The summed E-state index contributed by atoms with van der Waals surface area (Å²) in [6.07, 6.45) is 3.10. The number of fused-ring (bicyclic) bond motifs is 3. The van der Waals surface area contributed by atoms with Crippen molar-refractivity contribution in [2.24, 2.45) is 15.7 Å². The van der Waals surface area contributed by atoms with E-state index in [1.807, 2.05) is 35.1 Å². The average molecular weight is 506 g/mol. The van der Waals surface area contributed by atoms with E-state index < -0.39 is 0 Å². The molecule has 37 heavy (non-hydrogen) atoms. The first-order chi connectivity index (χ1) is 18.2. The molecule has 12 nitrogen and oxygen atoms in total. The van der Waals surface area contributed by atoms with Crippen molar-refractivity contribution < 1.29 is 13.9 Å². The molecule has 2 aromatic heterocycles. The van der Waals surface area contributed by atoms with Crippen LogP contribution in [0.15, 0.2) is 63.3 Å². The fourth-order valence-corrected chi connectivity index (χ4v) is 4.77. The van der Waals surface area contributed by atoms with Gasteiger partial charge < -0.3 is 24.5 Å². The third kappa shape index (κ3) is 4.78. The number of amidine groups is 1. The second-order valence-corrected chi connectivity index (χ2v) is 9.07. The van der Waals surface area contributed by atoms with Gasteiger partial charge in [-0.05, 0) is 36.4 Å². The molecule has 5 heterocycles. The topological polar surface area (TPSA) is 122 Å². The van der Waals surface area contributed by atoms with Crippen molar-refractivity contribution in [1.29, 1.82) is 0 Å². The fraction of sp³-hybridized carbons (Fsp3) is 0.400. The van der Waals surface area contributed by atoms with Crippen LogP contribution in [0.1, 0.15) is 17.5 Å². The quantitative estimate of drug-likeness (QED) is 0.417. The van der Waals surface area contributed by atoms with Gasteiger partial charge in [0.15, 0.2) is 17.8 Å². The Morgan fingerprint density at radius 2 is 1.92 bits per heavy atom. The molecule has 3 aliphatic heterocycles. The van der Waals surface area contributed by atoms with Gasteiger partial charge in [0.05, 0.1) is 31.2 Å². The van der Waals surface area contributed by atoms with Crippen LogP contribution in [0.3, 0.4) is 0 Å². The number of furan rings is 1. The smallest absolute Gasteiger partial charge is 0.219 e. The number of nitrogens with one attached hydrogen (secondary N) is 1. The summed E-state index contributed by atoms with van der Waals surface area (Å²) in [6.45, 7) is 6.65. The molecule has 194 valence electrons. The summed E-state index contributed by atoms with van der Waals surface area (Å²) in [4.78, 5) is 14.2. The van der Waals surface area contributed by atoms with E-state index in [0.29, 0.717) is 30.8 Å². The van der Waals surface area contributed by atoms with Gasteiger partial charge in [-0.3, -0.25) is 4.90 Å². The van der Waals surface area contributed by atoms with E-state index in [0.717, 1.165) is 56.4 Å². The zero-order chi connectivity index (χ0) is 25.2. The van der Waals surface area contributed by atoms with E-state index in [9.17, 15) is 0 Å². The van der Waals surface area contributed by atoms with Crippen LogP contribution in [0.5, 0.6) is 5.75 Å². The molecule has 0 bridgehead atoms. The molecule has 6 rings (SSSR count). The Kier molecular flexibility index (Phi) is 6.51. The number of benzene rings is 1. The van der Waals surface area contributed by atoms with Gasteiger partial charge in [-0.1, -0.05) is 0 Å². The molecule has 1 atom stereocenters. The van der Waals surface area contributed by atoms with Gasteiger partial charge in [-0.15, -0.1) is 0 Å². The van der Waals surface area contributed by atoms with Gasteiger partial charge in [-0.25, -0.2) is 14.7 Å². The molecular weight excluding hydrogens is 474 g/mol. The molecular formula is C25H31N9O3. The number of anilines is 1. The Morgan fingerprint density at radius 3 is 2.68 bits per heavy atom. The Balaban J connectivity index is 1.04. The van der Waals surface area contributed by atoms with E-state index in [-0.39, 0.29) is 6.17 Å². The minimum Gasteiger partial charge on any atom is -0.491 e. The Hall–Kier alpha value is -3.87. The lowest BCUT2D eigenvalue weighted by molar-refractivity contribution is 0.146. The van der Waals surface area contributed by atoms with Crippen molar-refractivity contribution >= 4 is 23.3 Å². The number of methoxy groups -OCH3 is 1. The summed E-state index contributed by atoms with van der Waals surface area (Å²) in [7, 11) is 1.67. The molecule has 0 radical (unpaired) electrons. The maximum atomic E-state index is 6.26. The highest BCUT2D eigenvalue weighted by molar-refractivity contribution is 6.14. The van der Waals surface area contributed by atoms with Crippen molar-refractivity contribution in [1.82, 2.24) is 25.1 Å². The average Bonchev–Trinajstić information content (AvgIpc) is 3.68. The monoisotopic (exact) mass is 505 g/mol. The number of nitrogens with two attached hydrogens (primary N) is 1. The number of piperazine rings is 1. The number of guanidine groups is 1. The number of hydrogen-bond acceptors (Lipinski definition) is 11. The van der Waals surface area contributed by atoms with Crippen LogP contribution in [0.4, 0.5) is 11.5 Å². The minimum absolute atomic E-state index is 0.339. The van der Waals surface area contributed by atoms with E-state index in [1.165, 1.54) is 5.69 Å². The maximum Gasteiger partial charge on any atom is 0.219 e. The van der Waals surface area contributed by atoms with Gasteiger partial charge in [0.25, 0.3) is 0 Å². The van der Waals surface area contributed by atoms with Crippen molar-refractivity contribution in [2.45, 2.75) is 12.7 Å². The Morgan fingerprint density at radius 1 is 1.08 bits per heavy atom. The van der Waals surface area contributed by atoms with Crippen molar-refractivity contribution in [3.05, 3.63) is 60.2 Å². The van der Waals surface area contributed by atoms with Crippen molar-refractivity contribution in [3.8, 4) is 5.75 Å². The van der Waals surface area contributed by atoms with Crippen LogP contribution >= 0.6 is 0 Å². The van der Waals surface area contributed by atoms with Crippen molar-refractivity contribution in [3.63, 3.8) is 0 Å². The predicted molar refractivity (Wildman–Crippen MR) is 139 cm³/mol. The highest BCUT2D eigenvalue weighted by Crippen LogP contribution is 2.31. The van der Waals surface area contributed by atoms with Crippen LogP contribution in [0, 0.1) is 0 Å². The summed E-state index contributed by atoms with van der Waals surface area (Å²) in [6, 6.07) is 12.0. The third-order valence-electron chi connectivity index (χ3n) is 6.79. The number of nitrogens with zero attached hydrogens (tertiary/aromatic N) is 7. The van der Waals surface area contributed by atoms with Gasteiger partial charge in [0, 0.05) is 45.5 Å². The molecule has 1 fully saturated rings. The lowest BCUT2D eigenvalue weighted by Gasteiger charge is -2.36. The first-order valence-corrected chi connectivity index (χ1v) is 12.5. The number of aromatic nitrogens is 2. The van der Waals surface area contributed by atoms with E-state index >= 15 is 0 Å². The second kappa shape index (κ2) is 10.2. The molecule has 0 aliphatic carbocycles. The molecule has 1 saturated heterocycles. The van der Waals surface area contributed by atoms with Crippen LogP contribution in [0.25, 0.3) is 0 Å². The molecule has 0 amide bonds. The lowest BCUT2D eigenvalue weighted by Crippen LogP contribution is -2.49. The number of rotatable bonds is 9. The van der Waals surface area contributed by atoms with Gasteiger partial charge in [0.2, 0.25) is 5.96 Å². The largest absolute Gasteiger partial charge is 0.491 e. The van der Waals surface area contributed by atoms with E-state index in [2.05, 4.69) is 37.4 Å². The highest BCUT2D eigenvalue weighted by Gasteiger charge is 2.36. The first-order valence-electron chi connectivity index (χ1n) is 12.5. The first kappa shape index (κ1) is 23.5. The normalized spacial score (nSPS) is 19.4. The van der Waals surface area contributed by atoms with E-state index in [4.69, 9.17) is 24.6 Å². The molecule has 12 heteroatoms. The minimum atomic E-state index is -0.344. The summed E-state index contributed by atoms with van der Waals surface area (Å²) in [5, 5.41) is 6.29. The second-order valence-electron chi connectivity index (χ2n) is 9.07. The molecule has 3 N–H and O–H groups in total. The maximum absolute atomic E-state index is 6.26. The summed E-state index contributed by atoms with van der Waals surface area (Å²) in [5.41, 5.74) is 11.6. The van der Waals surface area contributed by atoms with Gasteiger partial charge in [0.1, 0.15) is 18.1 Å². The number of hydrazine groups is 1. The Labute approximate surface area is 214 Å². The number of hydrogen-bond donors (Lipinski definition) is 2. The van der Waals surface area contributed by atoms with Gasteiger partial charge >= 0.3 is 0 Å². The lowest BCUT2D eigenvalue weighted by atomic mass is 10.2. The number of aliphatic imine (C=N–C) groups is 2. The van der Waals surface area contributed by atoms with Crippen LogP contribution in [-0.2, 0) is 11.3 Å². The van der Waals surface area contributed by atoms with Crippen LogP contribution in [0.2, 0.25) is 0 Å². The van der Waals surface area contributed by atoms with E-state index in [1.54, 1.807) is 18.4 Å². The number of ether oxygens (including phenoxy) is 2. The van der Waals surface area contributed by atoms with Crippen molar-refractivity contribution in [2.75, 3.05) is 57.9 Å². The highest BCUT2D eigenvalue weighted by atomic mass is 16.5. The zero-order valence-corrected chi connectivity index (χ0v) is 20.8. The summed E-state index contributed by atoms with van der Waals surface area (Å²) < 4.78 is 18.1. The predicted octanol–water partition coefficient (Wildman–Crippen LogP) is 1.55. The third-order valence-corrected chi connectivity index (χ3v) is 6.79. The fourth-order valence-electron chi connectivity index (χ4n) is 4.77. The van der Waals surface area contributed by atoms with Crippen LogP contribution in [-0.4, -0.2) is 84.5 Å². The molecule has 1 unspecified atom stereocenters. The van der Waals surface area contributed by atoms with Gasteiger partial charge in [-0.2, -0.15) is 15.5 Å². The standard InChI is InChI=1S/C25H31N9O3/c1-35-15-16-36-19-6-4-18(5-7-19)32-11-8-31(9-12-32)10-13-33-23-20(17-27-33)24-28-22(21-3-2-14-37-21)30-34(24)25(26)29-23/h2-7,14,17,22,30H,8-13,15-16H2,1H3,(H2,26,29). The molecule has 0 saturated carbocycles. The molecule has 1 aromatic carbocycles. The molecule has 3 aliphatic rings. The summed E-state index contributed by atoms with van der Waals surface area (Å²) >= 11 is 0. The molecule has 0 spiro atoms.